The first kappa shape index (κ1) is 14.8. The fraction of sp³-hybridized carbons (Fsp3) is 0.188. The monoisotopic (exact) mass is 289 g/mol. The molecule has 1 amide bonds. The number of hydrogen-bond donors (Lipinski definition) is 1. The molecule has 0 aliphatic rings. The second kappa shape index (κ2) is 6.26. The number of anilines is 1. The summed E-state index contributed by atoms with van der Waals surface area (Å²) in [5.41, 5.74) is 1.32. The summed E-state index contributed by atoms with van der Waals surface area (Å²) in [6, 6.07) is 9.31. The lowest BCUT2D eigenvalue weighted by Gasteiger charge is -2.10. The number of carbonyl (C=O) groups excluding carboxylic acids is 1. The van der Waals surface area contributed by atoms with Gasteiger partial charge in [-0.25, -0.2) is 4.39 Å². The summed E-state index contributed by atoms with van der Waals surface area (Å²) in [5.74, 6) is 0.0638. The molecule has 4 nitrogen and oxygen atoms in total. The van der Waals surface area contributed by atoms with Crippen molar-refractivity contribution in [3.05, 3.63) is 53.3 Å². The van der Waals surface area contributed by atoms with E-state index in [2.05, 4.69) is 5.32 Å². The highest BCUT2D eigenvalue weighted by Crippen LogP contribution is 2.24. The average molecular weight is 289 g/mol. The van der Waals surface area contributed by atoms with Crippen molar-refractivity contribution in [3.63, 3.8) is 0 Å². The predicted octanol–water partition coefficient (Wildman–Crippen LogP) is 3.40. The van der Waals surface area contributed by atoms with Crippen LogP contribution >= 0.6 is 0 Å². The lowest BCUT2D eigenvalue weighted by Crippen LogP contribution is -2.13. The number of rotatable bonds is 4. The fourth-order valence-corrected chi connectivity index (χ4v) is 1.87. The summed E-state index contributed by atoms with van der Waals surface area (Å²) < 4.78 is 23.9. The first-order valence-electron chi connectivity index (χ1n) is 6.34. The van der Waals surface area contributed by atoms with Gasteiger partial charge in [0.05, 0.1) is 19.9 Å². The summed E-state index contributed by atoms with van der Waals surface area (Å²) in [6.45, 7) is 1.82. The fourth-order valence-electron chi connectivity index (χ4n) is 1.87. The number of ether oxygens (including phenoxy) is 2. The van der Waals surface area contributed by atoms with Crippen LogP contribution in [-0.2, 0) is 0 Å². The molecule has 0 spiro atoms. The van der Waals surface area contributed by atoms with Crippen LogP contribution in [0.3, 0.4) is 0 Å². The van der Waals surface area contributed by atoms with Crippen molar-refractivity contribution in [2.75, 3.05) is 19.5 Å². The van der Waals surface area contributed by atoms with Gasteiger partial charge >= 0.3 is 0 Å². The predicted molar refractivity (Wildman–Crippen MR) is 78.6 cm³/mol. The molecule has 0 aromatic heterocycles. The van der Waals surface area contributed by atoms with Crippen LogP contribution in [0.25, 0.3) is 0 Å². The minimum atomic E-state index is -0.483. The van der Waals surface area contributed by atoms with Crippen molar-refractivity contribution < 1.29 is 18.7 Å². The van der Waals surface area contributed by atoms with Crippen LogP contribution in [0.1, 0.15) is 15.9 Å². The van der Waals surface area contributed by atoms with Gasteiger partial charge in [-0.15, -0.1) is 0 Å². The molecule has 21 heavy (non-hydrogen) atoms. The number of methoxy groups -OCH3 is 2. The van der Waals surface area contributed by atoms with Gasteiger partial charge in [-0.1, -0.05) is 6.07 Å². The lowest BCUT2D eigenvalue weighted by molar-refractivity contribution is 0.102. The van der Waals surface area contributed by atoms with Gasteiger partial charge in [-0.3, -0.25) is 4.79 Å². The van der Waals surface area contributed by atoms with E-state index in [4.69, 9.17) is 9.47 Å². The standard InChI is InChI=1S/C16H16FNO3/c1-10-4-5-14(17)15(6-10)18-16(19)11-7-12(20-2)9-13(8-11)21-3/h4-9H,1-3H3,(H,18,19). The van der Waals surface area contributed by atoms with Crippen LogP contribution in [0.2, 0.25) is 0 Å². The van der Waals surface area contributed by atoms with Crippen molar-refractivity contribution in [3.8, 4) is 11.5 Å². The van der Waals surface area contributed by atoms with Crippen LogP contribution in [0.15, 0.2) is 36.4 Å². The SMILES string of the molecule is COc1cc(OC)cc(C(=O)Nc2cc(C)ccc2F)c1. The number of halogens is 1. The molecule has 0 unspecified atom stereocenters. The zero-order valence-electron chi connectivity index (χ0n) is 12.1. The highest BCUT2D eigenvalue weighted by Gasteiger charge is 2.12. The van der Waals surface area contributed by atoms with E-state index in [9.17, 15) is 9.18 Å². The van der Waals surface area contributed by atoms with E-state index in [0.717, 1.165) is 5.56 Å². The first-order valence-corrected chi connectivity index (χ1v) is 6.34. The zero-order valence-corrected chi connectivity index (χ0v) is 12.1. The maximum atomic E-state index is 13.7. The number of nitrogens with one attached hydrogen (secondary N) is 1. The van der Waals surface area contributed by atoms with Crippen molar-refractivity contribution in [2.24, 2.45) is 0 Å². The van der Waals surface area contributed by atoms with E-state index in [-0.39, 0.29) is 5.69 Å². The number of benzene rings is 2. The lowest BCUT2D eigenvalue weighted by atomic mass is 10.1. The number of amides is 1. The summed E-state index contributed by atoms with van der Waals surface area (Å²) in [4.78, 5) is 12.2. The summed E-state index contributed by atoms with van der Waals surface area (Å²) in [5, 5.41) is 2.54. The molecule has 0 aliphatic heterocycles. The molecular formula is C16H16FNO3. The molecule has 0 bridgehead atoms. The Balaban J connectivity index is 2.29. The Kier molecular flexibility index (Phi) is 4.42. The minimum absolute atomic E-state index is 0.141. The van der Waals surface area contributed by atoms with E-state index in [1.807, 2.05) is 6.92 Å². The maximum Gasteiger partial charge on any atom is 0.256 e. The summed E-state index contributed by atoms with van der Waals surface area (Å²) >= 11 is 0. The molecule has 0 heterocycles. The Hall–Kier alpha value is -2.56. The Bertz CT molecular complexity index is 648. The number of hydrogen-bond acceptors (Lipinski definition) is 3. The molecule has 2 rings (SSSR count). The molecule has 2 aromatic rings. The van der Waals surface area contributed by atoms with Crippen molar-refractivity contribution in [1.82, 2.24) is 0 Å². The van der Waals surface area contributed by atoms with E-state index >= 15 is 0 Å². The third-order valence-corrected chi connectivity index (χ3v) is 2.98. The molecule has 0 atom stereocenters. The van der Waals surface area contributed by atoms with Crippen LogP contribution in [-0.4, -0.2) is 20.1 Å². The van der Waals surface area contributed by atoms with E-state index in [1.165, 1.54) is 20.3 Å². The quantitative estimate of drug-likeness (QED) is 0.938. The molecule has 2 aromatic carbocycles. The third kappa shape index (κ3) is 3.51. The van der Waals surface area contributed by atoms with E-state index in [0.29, 0.717) is 17.1 Å². The van der Waals surface area contributed by atoms with Crippen LogP contribution in [0, 0.1) is 12.7 Å². The third-order valence-electron chi connectivity index (χ3n) is 2.98. The van der Waals surface area contributed by atoms with E-state index < -0.39 is 11.7 Å². The molecule has 0 aliphatic carbocycles. The Labute approximate surface area is 122 Å². The Morgan fingerprint density at radius 3 is 2.24 bits per heavy atom. The number of aryl methyl sites for hydroxylation is 1. The normalized spacial score (nSPS) is 10.1. The first-order chi connectivity index (χ1) is 10.0. The van der Waals surface area contributed by atoms with Gasteiger partial charge in [0.15, 0.2) is 0 Å². The van der Waals surface area contributed by atoms with Gasteiger partial charge in [-0.2, -0.15) is 0 Å². The molecule has 0 saturated heterocycles. The van der Waals surface area contributed by atoms with Crippen molar-refractivity contribution >= 4 is 11.6 Å². The summed E-state index contributed by atoms with van der Waals surface area (Å²) in [6.07, 6.45) is 0. The van der Waals surface area contributed by atoms with Gasteiger partial charge in [-0.05, 0) is 36.8 Å². The molecule has 1 N–H and O–H groups in total. The molecule has 5 heteroatoms. The molecule has 0 radical (unpaired) electrons. The average Bonchev–Trinajstić information content (AvgIpc) is 2.50. The largest absolute Gasteiger partial charge is 0.497 e. The second-order valence-electron chi connectivity index (χ2n) is 4.54. The molecular weight excluding hydrogens is 273 g/mol. The van der Waals surface area contributed by atoms with Gasteiger partial charge in [0.25, 0.3) is 5.91 Å². The maximum absolute atomic E-state index is 13.7. The highest BCUT2D eigenvalue weighted by atomic mass is 19.1. The van der Waals surface area contributed by atoms with Crippen LogP contribution in [0.5, 0.6) is 11.5 Å². The summed E-state index contributed by atoms with van der Waals surface area (Å²) in [7, 11) is 2.99. The zero-order chi connectivity index (χ0) is 15.4. The van der Waals surface area contributed by atoms with Gasteiger partial charge in [0, 0.05) is 11.6 Å². The van der Waals surface area contributed by atoms with Gasteiger partial charge < -0.3 is 14.8 Å². The highest BCUT2D eigenvalue weighted by molar-refractivity contribution is 6.04. The molecule has 110 valence electrons. The van der Waals surface area contributed by atoms with Gasteiger partial charge in [0.1, 0.15) is 17.3 Å². The van der Waals surface area contributed by atoms with Crippen molar-refractivity contribution in [2.45, 2.75) is 6.92 Å². The second-order valence-corrected chi connectivity index (χ2v) is 4.54. The molecule has 0 fully saturated rings. The molecule has 0 saturated carbocycles. The van der Waals surface area contributed by atoms with Crippen molar-refractivity contribution in [1.29, 1.82) is 0 Å². The minimum Gasteiger partial charge on any atom is -0.497 e. The van der Waals surface area contributed by atoms with E-state index in [1.54, 1.807) is 30.3 Å². The smallest absolute Gasteiger partial charge is 0.256 e. The topological polar surface area (TPSA) is 47.6 Å². The Morgan fingerprint density at radius 2 is 1.67 bits per heavy atom. The van der Waals surface area contributed by atoms with Crippen LogP contribution < -0.4 is 14.8 Å². The van der Waals surface area contributed by atoms with Gasteiger partial charge in [0.2, 0.25) is 0 Å². The number of carbonyl (C=O) groups is 1. The Morgan fingerprint density at radius 1 is 1.05 bits per heavy atom. The van der Waals surface area contributed by atoms with Crippen LogP contribution in [0.4, 0.5) is 10.1 Å².